The van der Waals surface area contributed by atoms with Gasteiger partial charge < -0.3 is 0 Å². The van der Waals surface area contributed by atoms with E-state index in [1.165, 1.54) is 0 Å². The van der Waals surface area contributed by atoms with Crippen molar-refractivity contribution >= 4 is 17.3 Å². The van der Waals surface area contributed by atoms with Crippen molar-refractivity contribution in [2.24, 2.45) is 0 Å². The zero-order chi connectivity index (χ0) is 8.39. The maximum Gasteiger partial charge on any atom is 0.0952 e. The van der Waals surface area contributed by atoms with Gasteiger partial charge in [0.25, 0.3) is 0 Å². The molecular formula is C9H7ClNO. The number of benzene rings is 1. The van der Waals surface area contributed by atoms with E-state index in [1.807, 2.05) is 12.3 Å². The average Bonchev–Trinajstić information content (AvgIpc) is 2.56. The predicted molar refractivity (Wildman–Crippen MR) is 47.9 cm³/mol. The summed E-state index contributed by atoms with van der Waals surface area (Å²) in [5.74, 6) is 0. The molecule has 0 unspecified atom stereocenters. The smallest absolute Gasteiger partial charge is 0.0952 e. The number of hydroxylamine groups is 1. The van der Waals surface area contributed by atoms with E-state index in [0.29, 0.717) is 11.6 Å². The SMILES string of the molecule is Clc1cc[c]c(N2C=CCO2)c1. The fraction of sp³-hybridized carbons (Fsp3) is 0.111. The largest absolute Gasteiger partial charge is 0.265 e. The van der Waals surface area contributed by atoms with Gasteiger partial charge in [-0.2, -0.15) is 0 Å². The van der Waals surface area contributed by atoms with Gasteiger partial charge in [0, 0.05) is 17.3 Å². The van der Waals surface area contributed by atoms with Crippen LogP contribution >= 0.6 is 11.6 Å². The van der Waals surface area contributed by atoms with Crippen LogP contribution in [0, 0.1) is 6.07 Å². The maximum absolute atomic E-state index is 5.80. The lowest BCUT2D eigenvalue weighted by molar-refractivity contribution is 0.180. The first-order chi connectivity index (χ1) is 5.86. The third kappa shape index (κ3) is 1.44. The molecule has 1 aliphatic rings. The van der Waals surface area contributed by atoms with Crippen LogP contribution < -0.4 is 5.06 Å². The van der Waals surface area contributed by atoms with Crippen LogP contribution in [0.2, 0.25) is 5.02 Å². The molecule has 0 saturated heterocycles. The van der Waals surface area contributed by atoms with Crippen LogP contribution in [0.3, 0.4) is 0 Å². The molecule has 0 spiro atoms. The van der Waals surface area contributed by atoms with Crippen LogP contribution in [-0.2, 0) is 4.84 Å². The van der Waals surface area contributed by atoms with Gasteiger partial charge in [-0.05, 0) is 18.2 Å². The normalized spacial score (nSPS) is 15.6. The van der Waals surface area contributed by atoms with Crippen LogP contribution in [0.25, 0.3) is 0 Å². The highest BCUT2D eigenvalue weighted by Crippen LogP contribution is 2.20. The second kappa shape index (κ2) is 3.17. The first kappa shape index (κ1) is 7.65. The van der Waals surface area contributed by atoms with Crippen LogP contribution in [0.15, 0.2) is 30.5 Å². The highest BCUT2D eigenvalue weighted by molar-refractivity contribution is 6.30. The monoisotopic (exact) mass is 180 g/mol. The van der Waals surface area contributed by atoms with Gasteiger partial charge in [-0.3, -0.25) is 4.84 Å². The molecule has 0 atom stereocenters. The second-order valence-corrected chi connectivity index (χ2v) is 2.83. The van der Waals surface area contributed by atoms with Crippen LogP contribution in [-0.4, -0.2) is 6.61 Å². The molecule has 12 heavy (non-hydrogen) atoms. The summed E-state index contributed by atoms with van der Waals surface area (Å²) in [5, 5.41) is 2.33. The Bertz CT molecular complexity index is 311. The molecule has 2 nitrogen and oxygen atoms in total. The van der Waals surface area contributed by atoms with E-state index in [-0.39, 0.29) is 0 Å². The zero-order valence-corrected chi connectivity index (χ0v) is 7.08. The minimum atomic E-state index is 0.611. The average molecular weight is 181 g/mol. The number of anilines is 1. The summed E-state index contributed by atoms with van der Waals surface area (Å²) >= 11 is 5.80. The third-order valence-electron chi connectivity index (χ3n) is 1.54. The van der Waals surface area contributed by atoms with Gasteiger partial charge in [0.05, 0.1) is 12.3 Å². The van der Waals surface area contributed by atoms with Gasteiger partial charge >= 0.3 is 0 Å². The fourth-order valence-corrected chi connectivity index (χ4v) is 1.18. The lowest BCUT2D eigenvalue weighted by atomic mass is 10.3. The Balaban J connectivity index is 2.27. The van der Waals surface area contributed by atoms with Crippen molar-refractivity contribution in [1.29, 1.82) is 0 Å². The standard InChI is InChI=1S/C9H7ClNO/c10-8-3-1-4-9(7-8)11-5-2-6-12-11/h1-3,5,7H,6H2. The number of rotatable bonds is 1. The van der Waals surface area contributed by atoms with Gasteiger partial charge in [0.2, 0.25) is 0 Å². The molecule has 2 rings (SSSR count). The van der Waals surface area contributed by atoms with Crippen LogP contribution in [0.4, 0.5) is 5.69 Å². The van der Waals surface area contributed by atoms with Crippen LogP contribution in [0.1, 0.15) is 0 Å². The van der Waals surface area contributed by atoms with E-state index in [4.69, 9.17) is 16.4 Å². The number of nitrogens with zero attached hydrogens (tertiary/aromatic N) is 1. The van der Waals surface area contributed by atoms with E-state index in [1.54, 1.807) is 23.3 Å². The van der Waals surface area contributed by atoms with Gasteiger partial charge in [-0.1, -0.05) is 17.7 Å². The van der Waals surface area contributed by atoms with E-state index >= 15 is 0 Å². The molecule has 1 aromatic rings. The lowest BCUT2D eigenvalue weighted by Crippen LogP contribution is -2.10. The second-order valence-electron chi connectivity index (χ2n) is 2.40. The summed E-state index contributed by atoms with van der Waals surface area (Å²) in [6.45, 7) is 0.611. The first-order valence-electron chi connectivity index (χ1n) is 3.62. The van der Waals surface area contributed by atoms with E-state index < -0.39 is 0 Å². The summed E-state index contributed by atoms with van der Waals surface area (Å²) in [7, 11) is 0. The van der Waals surface area contributed by atoms with Gasteiger partial charge in [0.15, 0.2) is 0 Å². The highest BCUT2D eigenvalue weighted by atomic mass is 35.5. The van der Waals surface area contributed by atoms with E-state index in [2.05, 4.69) is 6.07 Å². The Hall–Kier alpha value is -0.990. The lowest BCUT2D eigenvalue weighted by Gasteiger charge is -2.13. The Morgan fingerprint density at radius 1 is 1.58 bits per heavy atom. The molecule has 0 fully saturated rings. The molecule has 0 amide bonds. The molecule has 0 aromatic heterocycles. The molecule has 0 bridgehead atoms. The van der Waals surface area contributed by atoms with Crippen molar-refractivity contribution in [3.63, 3.8) is 0 Å². The summed E-state index contributed by atoms with van der Waals surface area (Å²) in [6, 6.07) is 8.37. The maximum atomic E-state index is 5.80. The highest BCUT2D eigenvalue weighted by Gasteiger charge is 2.07. The topological polar surface area (TPSA) is 12.5 Å². The predicted octanol–water partition coefficient (Wildman–Crippen LogP) is 2.41. The minimum Gasteiger partial charge on any atom is -0.265 e. The molecule has 1 aliphatic heterocycles. The number of hydrogen-bond donors (Lipinski definition) is 0. The molecule has 0 aliphatic carbocycles. The summed E-state index contributed by atoms with van der Waals surface area (Å²) in [5.41, 5.74) is 0.830. The first-order valence-corrected chi connectivity index (χ1v) is 4.00. The quantitative estimate of drug-likeness (QED) is 0.658. The van der Waals surface area contributed by atoms with Gasteiger partial charge in [0.1, 0.15) is 0 Å². The van der Waals surface area contributed by atoms with Crippen molar-refractivity contribution in [1.82, 2.24) is 0 Å². The summed E-state index contributed by atoms with van der Waals surface area (Å²) in [6.07, 6.45) is 3.77. The van der Waals surface area contributed by atoms with Crippen molar-refractivity contribution in [3.05, 3.63) is 41.6 Å². The van der Waals surface area contributed by atoms with Crippen molar-refractivity contribution in [2.75, 3.05) is 11.7 Å². The molecule has 3 heteroatoms. The molecule has 1 aromatic carbocycles. The minimum absolute atomic E-state index is 0.611. The zero-order valence-electron chi connectivity index (χ0n) is 6.33. The fourth-order valence-electron chi connectivity index (χ4n) is 1.01. The Labute approximate surface area is 76.0 Å². The summed E-state index contributed by atoms with van der Waals surface area (Å²) < 4.78 is 0. The molecular weight excluding hydrogens is 174 g/mol. The van der Waals surface area contributed by atoms with Gasteiger partial charge in [-0.15, -0.1) is 0 Å². The summed E-state index contributed by atoms with van der Waals surface area (Å²) in [4.78, 5) is 5.23. The van der Waals surface area contributed by atoms with Gasteiger partial charge in [-0.25, -0.2) is 5.06 Å². The van der Waals surface area contributed by atoms with Crippen LogP contribution in [0.5, 0.6) is 0 Å². The Morgan fingerprint density at radius 3 is 3.17 bits per heavy atom. The third-order valence-corrected chi connectivity index (χ3v) is 1.77. The molecule has 61 valence electrons. The Morgan fingerprint density at radius 2 is 2.50 bits per heavy atom. The molecule has 0 saturated carbocycles. The van der Waals surface area contributed by atoms with Crippen molar-refractivity contribution in [3.8, 4) is 0 Å². The van der Waals surface area contributed by atoms with E-state index in [0.717, 1.165) is 5.69 Å². The molecule has 0 N–H and O–H groups in total. The van der Waals surface area contributed by atoms with Crippen molar-refractivity contribution < 1.29 is 4.84 Å². The Kier molecular flexibility index (Phi) is 2.02. The number of hydrogen-bond acceptors (Lipinski definition) is 2. The van der Waals surface area contributed by atoms with E-state index in [9.17, 15) is 0 Å². The molecule has 1 heterocycles. The molecule has 1 radical (unpaired) electrons. The van der Waals surface area contributed by atoms with Crippen molar-refractivity contribution in [2.45, 2.75) is 0 Å². The number of halogens is 1.